The van der Waals surface area contributed by atoms with Gasteiger partial charge in [-0.25, -0.2) is 13.1 Å². The Balaban J connectivity index is 2.15. The number of sulfonamides is 1. The van der Waals surface area contributed by atoms with Crippen LogP contribution in [0.25, 0.3) is 0 Å². The van der Waals surface area contributed by atoms with Gasteiger partial charge in [-0.1, -0.05) is 42.8 Å². The third-order valence-corrected chi connectivity index (χ3v) is 5.83. The predicted molar refractivity (Wildman–Crippen MR) is 117 cm³/mol. The zero-order valence-corrected chi connectivity index (χ0v) is 19.0. The first-order chi connectivity index (χ1) is 14.0. The molecule has 0 spiro atoms. The summed E-state index contributed by atoms with van der Waals surface area (Å²) < 4.78 is 39.6. The number of nitrogens with one attached hydrogen (secondary N) is 1. The Bertz CT molecular complexity index is 918. The highest BCUT2D eigenvalue weighted by molar-refractivity contribution is 7.89. The van der Waals surface area contributed by atoms with Gasteiger partial charge in [0.1, 0.15) is 18.0 Å². The van der Waals surface area contributed by atoms with Crippen molar-refractivity contribution in [2.45, 2.75) is 57.6 Å². The standard InChI is InChI=1S/C23H31NO5S/c1-17-11-13-21(14-12-17)30(26,27)24-19(16-28-20-9-7-6-8-10-20)15-18(2)22(25)29-23(3,4)5/h6-14,18-19,24H,15-16H2,1-5H3/t18-,19+/m1/s1. The van der Waals surface area contributed by atoms with Crippen LogP contribution >= 0.6 is 0 Å². The summed E-state index contributed by atoms with van der Waals surface area (Å²) >= 11 is 0. The first kappa shape index (κ1) is 23.9. The van der Waals surface area contributed by atoms with E-state index in [1.54, 1.807) is 64.1 Å². The molecule has 30 heavy (non-hydrogen) atoms. The molecule has 0 aliphatic heterocycles. The second-order valence-electron chi connectivity index (χ2n) is 8.43. The number of hydrogen-bond acceptors (Lipinski definition) is 5. The van der Waals surface area contributed by atoms with Gasteiger partial charge in [0.25, 0.3) is 0 Å². The van der Waals surface area contributed by atoms with Crippen molar-refractivity contribution in [1.29, 1.82) is 0 Å². The SMILES string of the molecule is Cc1ccc(S(=O)(=O)N[C@H](COc2ccccc2)C[C@@H](C)C(=O)OC(C)(C)C)cc1. The van der Waals surface area contributed by atoms with Crippen LogP contribution in [0.2, 0.25) is 0 Å². The molecule has 0 unspecified atom stereocenters. The van der Waals surface area contributed by atoms with Gasteiger partial charge in [-0.2, -0.15) is 0 Å². The van der Waals surface area contributed by atoms with Crippen molar-refractivity contribution in [3.63, 3.8) is 0 Å². The largest absolute Gasteiger partial charge is 0.492 e. The minimum Gasteiger partial charge on any atom is -0.492 e. The lowest BCUT2D eigenvalue weighted by Crippen LogP contribution is -2.41. The van der Waals surface area contributed by atoms with Gasteiger partial charge in [0.05, 0.1) is 16.9 Å². The van der Waals surface area contributed by atoms with Crippen molar-refractivity contribution in [1.82, 2.24) is 4.72 Å². The van der Waals surface area contributed by atoms with E-state index in [4.69, 9.17) is 9.47 Å². The van der Waals surface area contributed by atoms with Gasteiger partial charge < -0.3 is 9.47 Å². The molecule has 0 amide bonds. The molecule has 0 aliphatic rings. The zero-order chi connectivity index (χ0) is 22.4. The Hall–Kier alpha value is -2.38. The minimum atomic E-state index is -3.77. The third-order valence-electron chi connectivity index (χ3n) is 4.29. The monoisotopic (exact) mass is 433 g/mol. The summed E-state index contributed by atoms with van der Waals surface area (Å²) in [6, 6.07) is 15.1. The van der Waals surface area contributed by atoms with Crippen LogP contribution in [0.3, 0.4) is 0 Å². The molecule has 0 saturated heterocycles. The zero-order valence-electron chi connectivity index (χ0n) is 18.2. The molecule has 164 valence electrons. The number of hydrogen-bond donors (Lipinski definition) is 1. The van der Waals surface area contributed by atoms with E-state index in [0.717, 1.165) is 5.56 Å². The van der Waals surface area contributed by atoms with E-state index >= 15 is 0 Å². The first-order valence-corrected chi connectivity index (χ1v) is 11.4. The number of ether oxygens (including phenoxy) is 2. The molecule has 0 aliphatic carbocycles. The number of carbonyl (C=O) groups excluding carboxylic acids is 1. The molecule has 2 atom stereocenters. The van der Waals surface area contributed by atoms with Crippen molar-refractivity contribution in [2.75, 3.05) is 6.61 Å². The molecule has 6 nitrogen and oxygen atoms in total. The molecule has 1 N–H and O–H groups in total. The van der Waals surface area contributed by atoms with Gasteiger partial charge in [0.2, 0.25) is 10.0 Å². The number of para-hydroxylation sites is 1. The Morgan fingerprint density at radius 1 is 1.03 bits per heavy atom. The maximum absolute atomic E-state index is 12.9. The van der Waals surface area contributed by atoms with Crippen LogP contribution < -0.4 is 9.46 Å². The highest BCUT2D eigenvalue weighted by Gasteiger charge is 2.28. The lowest BCUT2D eigenvalue weighted by atomic mass is 10.0. The highest BCUT2D eigenvalue weighted by atomic mass is 32.2. The molecule has 2 aromatic carbocycles. The van der Waals surface area contributed by atoms with Crippen molar-refractivity contribution < 1.29 is 22.7 Å². The summed E-state index contributed by atoms with van der Waals surface area (Å²) in [5, 5.41) is 0. The summed E-state index contributed by atoms with van der Waals surface area (Å²) in [5.74, 6) is -0.252. The molecule has 2 rings (SSSR count). The fraction of sp³-hybridized carbons (Fsp3) is 0.435. The van der Waals surface area contributed by atoms with Crippen LogP contribution in [0.5, 0.6) is 5.75 Å². The van der Waals surface area contributed by atoms with Gasteiger partial charge >= 0.3 is 5.97 Å². The topological polar surface area (TPSA) is 81.7 Å². The van der Waals surface area contributed by atoms with E-state index in [9.17, 15) is 13.2 Å². The van der Waals surface area contributed by atoms with E-state index in [1.165, 1.54) is 0 Å². The number of aryl methyl sites for hydroxylation is 1. The van der Waals surface area contributed by atoms with Crippen LogP contribution in [0.15, 0.2) is 59.5 Å². The normalized spacial score (nSPS) is 14.0. The third kappa shape index (κ3) is 7.80. The Morgan fingerprint density at radius 2 is 1.63 bits per heavy atom. The van der Waals surface area contributed by atoms with Gasteiger partial charge in [-0.05, 0) is 58.4 Å². The maximum atomic E-state index is 12.9. The predicted octanol–water partition coefficient (Wildman–Crippen LogP) is 4.09. The smallest absolute Gasteiger partial charge is 0.309 e. The Labute approximate surface area is 179 Å². The van der Waals surface area contributed by atoms with Crippen molar-refractivity contribution in [3.8, 4) is 5.75 Å². The average Bonchev–Trinajstić information content (AvgIpc) is 2.65. The lowest BCUT2D eigenvalue weighted by Gasteiger charge is -2.25. The lowest BCUT2D eigenvalue weighted by molar-refractivity contribution is -0.159. The fourth-order valence-corrected chi connectivity index (χ4v) is 4.03. The Morgan fingerprint density at radius 3 is 2.20 bits per heavy atom. The molecule has 0 fully saturated rings. The molecule has 2 aromatic rings. The molecule has 0 aromatic heterocycles. The molecule has 0 saturated carbocycles. The van der Waals surface area contributed by atoms with Crippen LogP contribution in [-0.2, 0) is 19.6 Å². The molecule has 0 radical (unpaired) electrons. The fourth-order valence-electron chi connectivity index (χ4n) is 2.79. The van der Waals surface area contributed by atoms with Crippen LogP contribution in [0.1, 0.15) is 39.7 Å². The second-order valence-corrected chi connectivity index (χ2v) is 10.1. The van der Waals surface area contributed by atoms with E-state index in [2.05, 4.69) is 4.72 Å². The maximum Gasteiger partial charge on any atom is 0.309 e. The minimum absolute atomic E-state index is 0.0856. The first-order valence-electron chi connectivity index (χ1n) is 9.96. The summed E-state index contributed by atoms with van der Waals surface area (Å²) in [6.07, 6.45) is 0.243. The van der Waals surface area contributed by atoms with E-state index in [0.29, 0.717) is 5.75 Å². The van der Waals surface area contributed by atoms with Crippen molar-refractivity contribution >= 4 is 16.0 Å². The molecular formula is C23H31NO5S. The van der Waals surface area contributed by atoms with Crippen LogP contribution in [0, 0.1) is 12.8 Å². The van der Waals surface area contributed by atoms with E-state index in [-0.39, 0.29) is 23.9 Å². The summed E-state index contributed by atoms with van der Waals surface area (Å²) in [5.41, 5.74) is 0.361. The van der Waals surface area contributed by atoms with Gasteiger partial charge in [0, 0.05) is 0 Å². The van der Waals surface area contributed by atoms with Gasteiger partial charge in [0.15, 0.2) is 0 Å². The van der Waals surface area contributed by atoms with Crippen LogP contribution in [-0.4, -0.2) is 32.6 Å². The summed E-state index contributed by atoms with van der Waals surface area (Å²) in [4.78, 5) is 12.6. The molecule has 7 heteroatoms. The molecule has 0 bridgehead atoms. The van der Waals surface area contributed by atoms with Gasteiger partial charge in [-0.3, -0.25) is 4.79 Å². The van der Waals surface area contributed by atoms with Crippen LogP contribution in [0.4, 0.5) is 0 Å². The second kappa shape index (κ2) is 10.1. The molecule has 0 heterocycles. The van der Waals surface area contributed by atoms with Gasteiger partial charge in [-0.15, -0.1) is 0 Å². The van der Waals surface area contributed by atoms with Crippen molar-refractivity contribution in [2.24, 2.45) is 5.92 Å². The number of carbonyl (C=O) groups is 1. The quantitative estimate of drug-likeness (QED) is 0.603. The van der Waals surface area contributed by atoms with E-state index in [1.807, 2.05) is 25.1 Å². The number of esters is 1. The summed E-state index contributed by atoms with van der Waals surface area (Å²) in [6.45, 7) is 9.10. The molecular weight excluding hydrogens is 402 g/mol. The summed E-state index contributed by atoms with van der Waals surface area (Å²) in [7, 11) is -3.77. The number of benzene rings is 2. The van der Waals surface area contributed by atoms with Crippen molar-refractivity contribution in [3.05, 3.63) is 60.2 Å². The highest BCUT2D eigenvalue weighted by Crippen LogP contribution is 2.18. The average molecular weight is 434 g/mol. The van der Waals surface area contributed by atoms with E-state index < -0.39 is 27.6 Å². The Kier molecular flexibility index (Phi) is 8.03. The number of rotatable bonds is 9.